The Bertz CT molecular complexity index is 2050. The van der Waals surface area contributed by atoms with Crippen LogP contribution in [0.3, 0.4) is 0 Å². The fourth-order valence-corrected chi connectivity index (χ4v) is 7.69. The van der Waals surface area contributed by atoms with Crippen LogP contribution in [0.2, 0.25) is 0 Å². The number of hydrogen-bond acceptors (Lipinski definition) is 3. The average Bonchev–Trinajstić information content (AvgIpc) is 3.45. The highest BCUT2D eigenvalue weighted by molar-refractivity contribution is 8.02. The Hall–Kier alpha value is -4.54. The number of thioether (sulfide) groups is 1. The molecule has 4 aromatic carbocycles. The molecule has 0 radical (unpaired) electrons. The van der Waals surface area contributed by atoms with Gasteiger partial charge in [0, 0.05) is 33.6 Å². The summed E-state index contributed by atoms with van der Waals surface area (Å²) in [5.74, 6) is 0. The van der Waals surface area contributed by atoms with Crippen molar-refractivity contribution in [2.45, 2.75) is 52.1 Å². The standard InChI is InChI=1S/C43H45N3S/c1-6-9-10-11-14-26-45(35(7-2)8-3)40-24-22-34(29-42(40)47-5)33-21-23-39-38(28-33)43-37-19-13-12-17-32(37)20-25-41(43)46(39)36-18-15-16-31(27-36)30-44-4/h7-8,11-23,25,27-29,40H,2,4,6,9-10,24,26,30H2,1,3,5H3/b14-11-,35-8+. The zero-order chi connectivity index (χ0) is 32.8. The molecule has 3 nitrogen and oxygen atoms in total. The Morgan fingerprint density at radius 3 is 2.64 bits per heavy atom. The first-order chi connectivity index (χ1) is 23.1. The van der Waals surface area contributed by atoms with Gasteiger partial charge in [-0.3, -0.25) is 4.99 Å². The van der Waals surface area contributed by atoms with Crippen LogP contribution in [0.4, 0.5) is 0 Å². The highest BCUT2D eigenvalue weighted by Crippen LogP contribution is 2.40. The number of unbranched alkanes of at least 4 members (excludes halogenated alkanes) is 2. The Kier molecular flexibility index (Phi) is 10.3. The molecule has 0 saturated heterocycles. The van der Waals surface area contributed by atoms with Gasteiger partial charge in [-0.05, 0) is 103 Å². The molecular formula is C43H45N3S. The van der Waals surface area contributed by atoms with E-state index in [4.69, 9.17) is 0 Å². The van der Waals surface area contributed by atoms with Gasteiger partial charge in [0.1, 0.15) is 0 Å². The van der Waals surface area contributed by atoms with Crippen LogP contribution >= 0.6 is 11.8 Å². The van der Waals surface area contributed by atoms with Crippen molar-refractivity contribution < 1.29 is 0 Å². The van der Waals surface area contributed by atoms with E-state index >= 15 is 0 Å². The van der Waals surface area contributed by atoms with E-state index in [1.807, 2.05) is 17.8 Å². The van der Waals surface area contributed by atoms with Crippen molar-refractivity contribution in [3.05, 3.63) is 144 Å². The Morgan fingerprint density at radius 2 is 1.85 bits per heavy atom. The van der Waals surface area contributed by atoms with E-state index in [0.29, 0.717) is 6.54 Å². The first-order valence-electron chi connectivity index (χ1n) is 16.8. The summed E-state index contributed by atoms with van der Waals surface area (Å²) >= 11 is 1.86. The number of fused-ring (bicyclic) bond motifs is 5. The predicted molar refractivity (Wildman–Crippen MR) is 209 cm³/mol. The van der Waals surface area contributed by atoms with Crippen LogP contribution in [0.15, 0.2) is 137 Å². The molecule has 4 heteroatoms. The third-order valence-electron chi connectivity index (χ3n) is 9.28. The zero-order valence-corrected chi connectivity index (χ0v) is 28.8. The molecule has 1 unspecified atom stereocenters. The molecule has 0 saturated carbocycles. The lowest BCUT2D eigenvalue weighted by Crippen LogP contribution is -2.36. The Labute approximate surface area is 284 Å². The third kappa shape index (κ3) is 6.53. The summed E-state index contributed by atoms with van der Waals surface area (Å²) in [5.41, 5.74) is 8.43. The SMILES string of the molecule is C=C/C(=C\C)N(C/C=C\CCCC)C1CC=C(c2ccc3c(c2)c2c4ccccc4ccc2n3-c2cccc(CN=C)c2)C=C1SC. The highest BCUT2D eigenvalue weighted by Gasteiger charge is 2.25. The van der Waals surface area contributed by atoms with Gasteiger partial charge in [0.15, 0.2) is 0 Å². The van der Waals surface area contributed by atoms with Gasteiger partial charge in [-0.25, -0.2) is 0 Å². The second kappa shape index (κ2) is 14.9. The summed E-state index contributed by atoms with van der Waals surface area (Å²) in [6.07, 6.45) is 20.4. The average molecular weight is 636 g/mol. The van der Waals surface area contributed by atoms with Crippen LogP contribution in [-0.4, -0.2) is 35.0 Å². The Balaban J connectivity index is 1.44. The molecular weight excluding hydrogens is 591 g/mol. The van der Waals surface area contributed by atoms with Gasteiger partial charge in [-0.2, -0.15) is 0 Å². The van der Waals surface area contributed by atoms with Crippen molar-refractivity contribution in [1.82, 2.24) is 9.47 Å². The molecule has 47 heavy (non-hydrogen) atoms. The van der Waals surface area contributed by atoms with Gasteiger partial charge in [0.05, 0.1) is 23.6 Å². The number of aromatic nitrogens is 1. The van der Waals surface area contributed by atoms with Gasteiger partial charge in [-0.15, -0.1) is 11.8 Å². The second-order valence-electron chi connectivity index (χ2n) is 12.1. The van der Waals surface area contributed by atoms with Crippen molar-refractivity contribution in [2.75, 3.05) is 12.8 Å². The number of aliphatic imine (C=N–C) groups is 1. The maximum absolute atomic E-state index is 4.15. The number of benzene rings is 4. The number of rotatable bonds is 13. The molecule has 0 fully saturated rings. The molecule has 6 rings (SSSR count). The molecule has 1 aromatic heterocycles. The van der Waals surface area contributed by atoms with E-state index in [-0.39, 0.29) is 6.04 Å². The summed E-state index contributed by atoms with van der Waals surface area (Å²) in [5, 5.41) is 5.09. The van der Waals surface area contributed by atoms with Crippen LogP contribution in [0, 0.1) is 0 Å². The fourth-order valence-electron chi connectivity index (χ4n) is 6.95. The maximum Gasteiger partial charge on any atom is 0.0639 e. The lowest BCUT2D eigenvalue weighted by molar-refractivity contribution is 0.326. The van der Waals surface area contributed by atoms with Crippen molar-refractivity contribution in [2.24, 2.45) is 4.99 Å². The van der Waals surface area contributed by atoms with Crippen molar-refractivity contribution in [1.29, 1.82) is 0 Å². The van der Waals surface area contributed by atoms with Crippen LogP contribution < -0.4 is 0 Å². The van der Waals surface area contributed by atoms with E-state index in [2.05, 4.69) is 157 Å². The van der Waals surface area contributed by atoms with E-state index in [0.717, 1.165) is 30.6 Å². The van der Waals surface area contributed by atoms with Gasteiger partial charge < -0.3 is 9.47 Å². The number of hydrogen-bond donors (Lipinski definition) is 0. The lowest BCUT2D eigenvalue weighted by atomic mass is 9.94. The first-order valence-corrected chi connectivity index (χ1v) is 18.0. The molecule has 238 valence electrons. The van der Waals surface area contributed by atoms with Crippen LogP contribution in [0.5, 0.6) is 0 Å². The van der Waals surface area contributed by atoms with Gasteiger partial charge in [0.25, 0.3) is 0 Å². The molecule has 0 aliphatic heterocycles. The predicted octanol–water partition coefficient (Wildman–Crippen LogP) is 11.7. The third-order valence-corrected chi connectivity index (χ3v) is 10.1. The summed E-state index contributed by atoms with van der Waals surface area (Å²) in [6.45, 7) is 13.7. The Morgan fingerprint density at radius 1 is 1.00 bits per heavy atom. The summed E-state index contributed by atoms with van der Waals surface area (Å²) in [4.78, 5) is 8.03. The molecule has 0 spiro atoms. The minimum Gasteiger partial charge on any atom is -0.360 e. The molecule has 0 N–H and O–H groups in total. The highest BCUT2D eigenvalue weighted by atomic mass is 32.2. The van der Waals surface area contributed by atoms with Gasteiger partial charge in [-0.1, -0.05) is 99.2 Å². The maximum atomic E-state index is 4.15. The van der Waals surface area contributed by atoms with Crippen molar-refractivity contribution >= 4 is 56.6 Å². The fraction of sp³-hybridized carbons (Fsp3) is 0.233. The van der Waals surface area contributed by atoms with E-state index in [1.54, 1.807) is 0 Å². The molecule has 0 amide bonds. The van der Waals surface area contributed by atoms with Crippen LogP contribution in [0.1, 0.15) is 50.7 Å². The summed E-state index contributed by atoms with van der Waals surface area (Å²) < 4.78 is 2.40. The monoisotopic (exact) mass is 635 g/mol. The molecule has 1 heterocycles. The van der Waals surface area contributed by atoms with Crippen LogP contribution in [-0.2, 0) is 6.54 Å². The molecule has 1 atom stereocenters. The summed E-state index contributed by atoms with van der Waals surface area (Å²) in [7, 11) is 0. The number of allylic oxidation sites excluding steroid dienone is 5. The largest absolute Gasteiger partial charge is 0.360 e. The van der Waals surface area contributed by atoms with E-state index < -0.39 is 0 Å². The first kappa shape index (κ1) is 32.4. The molecule has 1 aliphatic rings. The smallest absolute Gasteiger partial charge is 0.0639 e. The topological polar surface area (TPSA) is 20.5 Å². The lowest BCUT2D eigenvalue weighted by Gasteiger charge is -2.36. The van der Waals surface area contributed by atoms with E-state index in [1.165, 1.54) is 67.2 Å². The van der Waals surface area contributed by atoms with Crippen molar-refractivity contribution in [3.8, 4) is 5.69 Å². The van der Waals surface area contributed by atoms with Gasteiger partial charge in [0.2, 0.25) is 0 Å². The normalized spacial score (nSPS) is 15.4. The second-order valence-corrected chi connectivity index (χ2v) is 13.0. The minimum atomic E-state index is 0.278. The quantitative estimate of drug-likeness (QED) is 0.0555. The van der Waals surface area contributed by atoms with Crippen molar-refractivity contribution in [3.63, 3.8) is 0 Å². The van der Waals surface area contributed by atoms with Gasteiger partial charge >= 0.3 is 0 Å². The molecule has 1 aliphatic carbocycles. The minimum absolute atomic E-state index is 0.278. The molecule has 0 bridgehead atoms. The zero-order valence-electron chi connectivity index (χ0n) is 28.0. The number of nitrogens with zero attached hydrogens (tertiary/aromatic N) is 3. The molecule has 5 aromatic rings. The van der Waals surface area contributed by atoms with Crippen LogP contribution in [0.25, 0.3) is 43.8 Å². The van der Waals surface area contributed by atoms with E-state index in [9.17, 15) is 0 Å². The summed E-state index contributed by atoms with van der Waals surface area (Å²) in [6, 6.07) is 29.2.